The van der Waals surface area contributed by atoms with Crippen molar-refractivity contribution in [1.29, 1.82) is 0 Å². The van der Waals surface area contributed by atoms with Gasteiger partial charge >= 0.3 is 0 Å². The van der Waals surface area contributed by atoms with E-state index in [4.69, 9.17) is 9.47 Å². The van der Waals surface area contributed by atoms with Crippen LogP contribution in [0, 0.1) is 5.41 Å². The predicted molar refractivity (Wildman–Crippen MR) is 123 cm³/mol. The summed E-state index contributed by atoms with van der Waals surface area (Å²) in [6, 6.07) is 9.52. The van der Waals surface area contributed by atoms with Gasteiger partial charge in [-0.15, -0.1) is 0 Å². The summed E-state index contributed by atoms with van der Waals surface area (Å²) >= 11 is 0. The molecule has 0 saturated carbocycles. The minimum absolute atomic E-state index is 0.0128. The number of methoxy groups -OCH3 is 1. The average Bonchev–Trinajstić information content (AvgIpc) is 2.85. The molecule has 2 saturated heterocycles. The van der Waals surface area contributed by atoms with E-state index in [-0.39, 0.29) is 24.3 Å². The van der Waals surface area contributed by atoms with Gasteiger partial charge in [0.05, 0.1) is 11.9 Å². The fourth-order valence-electron chi connectivity index (χ4n) is 4.68. The van der Waals surface area contributed by atoms with E-state index in [0.717, 1.165) is 25.1 Å². The van der Waals surface area contributed by atoms with Crippen LogP contribution in [0.1, 0.15) is 44.2 Å². The first-order chi connectivity index (χ1) is 16.0. The molecule has 8 nitrogen and oxygen atoms in total. The summed E-state index contributed by atoms with van der Waals surface area (Å²) < 4.78 is 10.8. The van der Waals surface area contributed by atoms with Gasteiger partial charge in [0, 0.05) is 50.8 Å². The molecule has 1 aromatic carbocycles. The highest BCUT2D eigenvalue weighted by molar-refractivity contribution is 5.83. The molecule has 176 valence electrons. The van der Waals surface area contributed by atoms with Gasteiger partial charge in [-0.2, -0.15) is 0 Å². The summed E-state index contributed by atoms with van der Waals surface area (Å²) in [7, 11) is 1.52. The third-order valence-electron chi connectivity index (χ3n) is 6.73. The lowest BCUT2D eigenvalue weighted by atomic mass is 9.78. The van der Waals surface area contributed by atoms with Crippen LogP contribution < -0.4 is 4.74 Å². The lowest BCUT2D eigenvalue weighted by Gasteiger charge is -2.43. The maximum absolute atomic E-state index is 13.5. The van der Waals surface area contributed by atoms with E-state index in [1.54, 1.807) is 17.3 Å². The Morgan fingerprint density at radius 3 is 2.58 bits per heavy atom. The van der Waals surface area contributed by atoms with Crippen molar-refractivity contribution in [2.75, 3.05) is 39.9 Å². The molecule has 0 bridgehead atoms. The van der Waals surface area contributed by atoms with E-state index >= 15 is 0 Å². The van der Waals surface area contributed by atoms with Gasteiger partial charge in [0.15, 0.2) is 0 Å². The van der Waals surface area contributed by atoms with Crippen LogP contribution in [-0.4, -0.2) is 71.5 Å². The second kappa shape index (κ2) is 10.3. The zero-order valence-electron chi connectivity index (χ0n) is 19.4. The molecule has 2 aliphatic heterocycles. The molecule has 1 aromatic heterocycles. The van der Waals surface area contributed by atoms with Crippen molar-refractivity contribution in [3.8, 4) is 11.6 Å². The molecule has 8 heteroatoms. The Morgan fingerprint density at radius 1 is 1.09 bits per heavy atom. The summed E-state index contributed by atoms with van der Waals surface area (Å²) in [4.78, 5) is 38.4. The monoisotopic (exact) mass is 452 g/mol. The van der Waals surface area contributed by atoms with E-state index in [0.29, 0.717) is 44.1 Å². The minimum Gasteiger partial charge on any atom is -0.437 e. The number of hydrogen-bond donors (Lipinski definition) is 0. The fourth-order valence-corrected chi connectivity index (χ4v) is 4.68. The topological polar surface area (TPSA) is 84.9 Å². The van der Waals surface area contributed by atoms with Crippen molar-refractivity contribution in [2.45, 2.75) is 38.5 Å². The Bertz CT molecular complexity index is 960. The lowest BCUT2D eigenvalue weighted by molar-refractivity contribution is -0.149. The number of likely N-dealkylation sites (tertiary alicyclic amines) is 2. The molecule has 0 unspecified atom stereocenters. The van der Waals surface area contributed by atoms with Gasteiger partial charge in [-0.25, -0.2) is 4.98 Å². The first-order valence-electron chi connectivity index (χ1n) is 11.6. The molecule has 0 aliphatic carbocycles. The van der Waals surface area contributed by atoms with E-state index in [9.17, 15) is 9.59 Å². The summed E-state index contributed by atoms with van der Waals surface area (Å²) in [6.45, 7) is 4.69. The molecule has 3 heterocycles. The van der Waals surface area contributed by atoms with E-state index in [1.165, 1.54) is 7.11 Å². The van der Waals surface area contributed by atoms with Crippen molar-refractivity contribution in [1.82, 2.24) is 19.8 Å². The highest BCUT2D eigenvalue weighted by Gasteiger charge is 2.41. The van der Waals surface area contributed by atoms with Crippen LogP contribution in [0.5, 0.6) is 11.6 Å². The number of amides is 2. The summed E-state index contributed by atoms with van der Waals surface area (Å²) in [6.07, 6.45) is 6.62. The van der Waals surface area contributed by atoms with E-state index in [1.807, 2.05) is 42.2 Å². The maximum atomic E-state index is 13.5. The third-order valence-corrected chi connectivity index (χ3v) is 6.73. The Kier molecular flexibility index (Phi) is 7.23. The number of ether oxygens (including phenoxy) is 2. The summed E-state index contributed by atoms with van der Waals surface area (Å²) in [5, 5.41) is 0. The molecule has 0 radical (unpaired) electrons. The summed E-state index contributed by atoms with van der Waals surface area (Å²) in [5.74, 6) is 1.47. The number of para-hydroxylation sites is 1. The molecule has 2 aliphatic rings. The molecular formula is C25H32N4O4. The Labute approximate surface area is 194 Å². The van der Waals surface area contributed by atoms with E-state index in [2.05, 4.69) is 9.97 Å². The van der Waals surface area contributed by atoms with Crippen LogP contribution in [-0.2, 0) is 14.3 Å². The van der Waals surface area contributed by atoms with E-state index < -0.39 is 5.41 Å². The van der Waals surface area contributed by atoms with Gasteiger partial charge in [-0.1, -0.05) is 25.1 Å². The van der Waals surface area contributed by atoms with Crippen molar-refractivity contribution < 1.29 is 19.1 Å². The van der Waals surface area contributed by atoms with Crippen molar-refractivity contribution in [3.63, 3.8) is 0 Å². The lowest BCUT2D eigenvalue weighted by Crippen LogP contribution is -2.52. The Balaban J connectivity index is 1.39. The van der Waals surface area contributed by atoms with Crippen molar-refractivity contribution >= 4 is 11.8 Å². The molecule has 0 N–H and O–H groups in total. The van der Waals surface area contributed by atoms with Gasteiger partial charge in [0.25, 0.3) is 0 Å². The molecule has 4 rings (SSSR count). The van der Waals surface area contributed by atoms with Crippen molar-refractivity contribution in [3.05, 3.63) is 48.4 Å². The standard InChI is InChI=1S/C25H32N4O4/c1-25(10-13-28(14-11-25)23(30)18-32-2)24(31)29-12-6-7-19(17-29)21-15-26-16-22(27-21)33-20-8-4-3-5-9-20/h3-5,8-9,15-16,19H,6-7,10-14,17-18H2,1-2H3/t19-/m1/s1. The number of hydrogen-bond acceptors (Lipinski definition) is 6. The fraction of sp³-hybridized carbons (Fsp3) is 0.520. The van der Waals surface area contributed by atoms with Gasteiger partial charge < -0.3 is 19.3 Å². The smallest absolute Gasteiger partial charge is 0.248 e. The van der Waals surface area contributed by atoms with Gasteiger partial charge in [-0.05, 0) is 37.8 Å². The molecule has 1 atom stereocenters. The largest absolute Gasteiger partial charge is 0.437 e. The quantitative estimate of drug-likeness (QED) is 0.669. The van der Waals surface area contributed by atoms with Crippen LogP contribution in [0.4, 0.5) is 0 Å². The van der Waals surface area contributed by atoms with Crippen LogP contribution in [0.3, 0.4) is 0 Å². The first kappa shape index (κ1) is 23.2. The minimum atomic E-state index is -0.449. The SMILES string of the molecule is COCC(=O)N1CCC(C)(C(=O)N2CCC[C@@H](c3cncc(Oc4ccccc4)n3)C2)CC1. The van der Waals surface area contributed by atoms with Gasteiger partial charge in [0.1, 0.15) is 12.4 Å². The zero-order valence-corrected chi connectivity index (χ0v) is 19.4. The number of rotatable bonds is 6. The predicted octanol–water partition coefficient (Wildman–Crippen LogP) is 3.25. The number of piperidine rings is 2. The Hall–Kier alpha value is -3.00. The second-order valence-corrected chi connectivity index (χ2v) is 9.16. The first-order valence-corrected chi connectivity index (χ1v) is 11.6. The molecule has 2 amide bonds. The normalized spacial score (nSPS) is 20.4. The molecule has 33 heavy (non-hydrogen) atoms. The maximum Gasteiger partial charge on any atom is 0.248 e. The van der Waals surface area contributed by atoms with Gasteiger partial charge in [0.2, 0.25) is 17.7 Å². The summed E-state index contributed by atoms with van der Waals surface area (Å²) in [5.41, 5.74) is 0.404. The number of nitrogens with zero attached hydrogens (tertiary/aromatic N) is 4. The molecule has 2 fully saturated rings. The van der Waals surface area contributed by atoms with Crippen LogP contribution in [0.25, 0.3) is 0 Å². The highest BCUT2D eigenvalue weighted by Crippen LogP contribution is 2.36. The highest BCUT2D eigenvalue weighted by atomic mass is 16.5. The third kappa shape index (κ3) is 5.50. The van der Waals surface area contributed by atoms with Crippen LogP contribution in [0.15, 0.2) is 42.7 Å². The average molecular weight is 453 g/mol. The number of benzene rings is 1. The van der Waals surface area contributed by atoms with Crippen molar-refractivity contribution in [2.24, 2.45) is 5.41 Å². The number of carbonyl (C=O) groups excluding carboxylic acids is 2. The molecular weight excluding hydrogens is 420 g/mol. The van der Waals surface area contributed by atoms with Crippen LogP contribution in [0.2, 0.25) is 0 Å². The molecule has 2 aromatic rings. The number of carbonyl (C=O) groups is 2. The number of aromatic nitrogens is 2. The molecule has 0 spiro atoms. The zero-order chi connectivity index (χ0) is 23.3. The van der Waals surface area contributed by atoms with Crippen LogP contribution >= 0.6 is 0 Å². The Morgan fingerprint density at radius 2 is 1.85 bits per heavy atom. The van der Waals surface area contributed by atoms with Gasteiger partial charge in [-0.3, -0.25) is 14.6 Å². The second-order valence-electron chi connectivity index (χ2n) is 9.16.